The summed E-state index contributed by atoms with van der Waals surface area (Å²) in [6, 6.07) is 0.345. The molecule has 29 heavy (non-hydrogen) atoms. The van der Waals surface area contributed by atoms with Gasteiger partial charge in [-0.1, -0.05) is 6.08 Å². The van der Waals surface area contributed by atoms with Gasteiger partial charge in [0.25, 0.3) is 0 Å². The molecule has 12 heteroatoms. The minimum Gasteiger partial charge on any atom is -0.310 e. The lowest BCUT2D eigenvalue weighted by atomic mass is 10.0. The second-order valence-corrected chi connectivity index (χ2v) is 10.1. The number of piperidine rings is 1. The van der Waals surface area contributed by atoms with Gasteiger partial charge in [0, 0.05) is 13.1 Å². The summed E-state index contributed by atoms with van der Waals surface area (Å²) < 4.78 is 65.9. The van der Waals surface area contributed by atoms with Crippen molar-refractivity contribution < 1.29 is 21.6 Å². The molecule has 1 saturated carbocycles. The van der Waals surface area contributed by atoms with Crippen LogP contribution in [-0.4, -0.2) is 77.3 Å². The van der Waals surface area contributed by atoms with Gasteiger partial charge in [-0.25, -0.2) is 8.42 Å². The molecule has 1 N–H and O–H groups in total. The number of allylic oxidation sites excluding steroid dienone is 1. The molecular weight excluding hydrogens is 409 g/mol. The van der Waals surface area contributed by atoms with Crippen LogP contribution in [0.3, 0.4) is 0 Å². The molecule has 2 saturated heterocycles. The Morgan fingerprint density at radius 2 is 2.17 bits per heavy atom. The Labute approximate surface area is 165 Å². The van der Waals surface area contributed by atoms with Crippen LogP contribution in [0.5, 0.6) is 0 Å². The zero-order valence-corrected chi connectivity index (χ0v) is 16.5. The lowest BCUT2D eigenvalue weighted by molar-refractivity contribution is -0.130. The van der Waals surface area contributed by atoms with Crippen LogP contribution in [0.4, 0.5) is 13.2 Å². The third kappa shape index (κ3) is 2.79. The van der Waals surface area contributed by atoms with Gasteiger partial charge < -0.3 is 5.32 Å². The number of fused-ring (bicyclic) bond motifs is 2. The monoisotopic (exact) mass is 430 g/mol. The Morgan fingerprint density at radius 3 is 2.90 bits per heavy atom. The fourth-order valence-corrected chi connectivity index (χ4v) is 6.51. The van der Waals surface area contributed by atoms with Gasteiger partial charge in [-0.2, -0.15) is 17.5 Å². The van der Waals surface area contributed by atoms with Gasteiger partial charge in [-0.15, -0.1) is 10.2 Å². The Hall–Kier alpha value is -1.79. The zero-order chi connectivity index (χ0) is 20.6. The number of sulfonamides is 1. The van der Waals surface area contributed by atoms with Crippen molar-refractivity contribution in [1.29, 1.82) is 0 Å². The standard InChI is InChI=1S/C17H21F3N6O2S/c1-2-10-8-25(29(27,28)6-4-17(18,19)20)9-11(10)15-24-23-12-7-22-14-13-16(14,26(12)15)3-5-21-13/h2,7,11,13-14,21H,3-6,8-9H2,1H3/b10-2+/t11-,13?,14?,16?/m1/s1. The van der Waals surface area contributed by atoms with Gasteiger partial charge in [-0.3, -0.25) is 9.56 Å². The number of hydrogen-bond acceptors (Lipinski definition) is 6. The molecule has 1 aromatic rings. The van der Waals surface area contributed by atoms with E-state index in [1.807, 2.05) is 6.08 Å². The third-order valence-corrected chi connectivity index (χ3v) is 8.32. The van der Waals surface area contributed by atoms with Crippen LogP contribution in [-0.2, 0) is 15.6 Å². The third-order valence-electron chi connectivity index (χ3n) is 6.54. The molecule has 8 nitrogen and oxygen atoms in total. The highest BCUT2D eigenvalue weighted by Gasteiger charge is 2.71. The summed E-state index contributed by atoms with van der Waals surface area (Å²) in [5.41, 5.74) is 0.624. The molecule has 0 amide bonds. The van der Waals surface area contributed by atoms with Crippen LogP contribution < -0.4 is 5.32 Å². The Balaban J connectivity index is 1.45. The van der Waals surface area contributed by atoms with Gasteiger partial charge in [0.2, 0.25) is 10.0 Å². The maximum absolute atomic E-state index is 12.5. The Morgan fingerprint density at radius 1 is 1.38 bits per heavy atom. The number of halogens is 3. The summed E-state index contributed by atoms with van der Waals surface area (Å²) in [5.74, 6) is 0.0496. The molecule has 1 aromatic heterocycles. The molecule has 3 unspecified atom stereocenters. The number of hydrogen-bond donors (Lipinski definition) is 1. The summed E-state index contributed by atoms with van der Waals surface area (Å²) >= 11 is 0. The molecule has 3 fully saturated rings. The van der Waals surface area contributed by atoms with E-state index >= 15 is 0 Å². The fraction of sp³-hybridized carbons (Fsp3) is 0.706. The molecule has 4 aliphatic rings. The van der Waals surface area contributed by atoms with E-state index in [0.717, 1.165) is 22.8 Å². The van der Waals surface area contributed by atoms with Crippen molar-refractivity contribution in [1.82, 2.24) is 24.4 Å². The average Bonchev–Trinajstić information content (AvgIpc) is 3.13. The van der Waals surface area contributed by atoms with Crippen LogP contribution in [0.15, 0.2) is 16.6 Å². The molecule has 1 spiro atoms. The van der Waals surface area contributed by atoms with E-state index in [0.29, 0.717) is 11.6 Å². The predicted octanol–water partition coefficient (Wildman–Crippen LogP) is 0.778. The first kappa shape index (κ1) is 19.2. The predicted molar refractivity (Wildman–Crippen MR) is 98.3 cm³/mol. The van der Waals surface area contributed by atoms with Crippen molar-refractivity contribution in [2.45, 2.75) is 49.5 Å². The van der Waals surface area contributed by atoms with Crippen LogP contribution >= 0.6 is 0 Å². The number of nitrogens with zero attached hydrogens (tertiary/aromatic N) is 5. The number of alkyl halides is 3. The second kappa shape index (κ2) is 6.11. The van der Waals surface area contributed by atoms with Crippen molar-refractivity contribution in [3.8, 4) is 0 Å². The van der Waals surface area contributed by atoms with Gasteiger partial charge >= 0.3 is 6.18 Å². The lowest BCUT2D eigenvalue weighted by Crippen LogP contribution is -2.33. The minimum absolute atomic E-state index is 0.0774. The molecule has 0 aromatic carbocycles. The van der Waals surface area contributed by atoms with E-state index in [1.165, 1.54) is 0 Å². The highest BCUT2D eigenvalue weighted by molar-refractivity contribution is 7.89. The van der Waals surface area contributed by atoms with E-state index in [4.69, 9.17) is 0 Å². The summed E-state index contributed by atoms with van der Waals surface area (Å²) in [6.45, 7) is 2.83. The maximum Gasteiger partial charge on any atom is 0.390 e. The van der Waals surface area contributed by atoms with Gasteiger partial charge in [0.15, 0.2) is 5.82 Å². The highest BCUT2D eigenvalue weighted by Crippen LogP contribution is 2.56. The van der Waals surface area contributed by atoms with E-state index in [1.54, 1.807) is 13.1 Å². The summed E-state index contributed by atoms with van der Waals surface area (Å²) in [7, 11) is -4.03. The first-order valence-corrected chi connectivity index (χ1v) is 11.2. The molecule has 1 aliphatic carbocycles. The normalized spacial score (nSPS) is 35.0. The smallest absolute Gasteiger partial charge is 0.310 e. The number of nitrogens with one attached hydrogen (secondary N) is 1. The molecule has 4 heterocycles. The summed E-state index contributed by atoms with van der Waals surface area (Å²) in [6.07, 6.45) is -1.44. The largest absolute Gasteiger partial charge is 0.390 e. The maximum atomic E-state index is 12.5. The van der Waals surface area contributed by atoms with E-state index in [2.05, 4.69) is 25.1 Å². The van der Waals surface area contributed by atoms with Crippen molar-refractivity contribution in [2.24, 2.45) is 4.99 Å². The molecule has 158 valence electrons. The SMILES string of the molecule is C/C=C1\CN(S(=O)(=O)CCC(F)(F)F)C[C@H]1c1nnc2n1C13CCNC1C3N=C2. The van der Waals surface area contributed by atoms with E-state index < -0.39 is 28.4 Å². The van der Waals surface area contributed by atoms with Crippen LogP contribution in [0.2, 0.25) is 0 Å². The quantitative estimate of drug-likeness (QED) is 0.713. The number of rotatable bonds is 4. The molecule has 4 atom stereocenters. The van der Waals surface area contributed by atoms with E-state index in [9.17, 15) is 21.6 Å². The van der Waals surface area contributed by atoms with Crippen LogP contribution in [0, 0.1) is 0 Å². The first-order chi connectivity index (χ1) is 13.7. The van der Waals surface area contributed by atoms with Crippen molar-refractivity contribution >= 4 is 16.2 Å². The second-order valence-electron chi connectivity index (χ2n) is 8.04. The molecule has 5 rings (SSSR count). The van der Waals surface area contributed by atoms with Crippen molar-refractivity contribution in [2.75, 3.05) is 25.4 Å². The van der Waals surface area contributed by atoms with Crippen molar-refractivity contribution in [3.63, 3.8) is 0 Å². The van der Waals surface area contributed by atoms with Crippen LogP contribution in [0.25, 0.3) is 0 Å². The summed E-state index contributed by atoms with van der Waals surface area (Å²) in [5, 5.41) is 12.1. The van der Waals surface area contributed by atoms with Gasteiger partial charge in [-0.05, 0) is 25.5 Å². The first-order valence-electron chi connectivity index (χ1n) is 9.59. The van der Waals surface area contributed by atoms with E-state index in [-0.39, 0.29) is 36.6 Å². The van der Waals surface area contributed by atoms with Gasteiger partial charge in [0.05, 0.1) is 41.9 Å². The number of aliphatic imine (C=N–C) groups is 1. The Bertz CT molecular complexity index is 1020. The molecule has 0 radical (unpaired) electrons. The number of aromatic nitrogens is 3. The Kier molecular flexibility index (Phi) is 4.04. The van der Waals surface area contributed by atoms with Gasteiger partial charge in [0.1, 0.15) is 5.82 Å². The van der Waals surface area contributed by atoms with Crippen LogP contribution in [0.1, 0.15) is 37.3 Å². The average molecular weight is 430 g/mol. The zero-order valence-electron chi connectivity index (χ0n) is 15.7. The van der Waals surface area contributed by atoms with Crippen molar-refractivity contribution in [3.05, 3.63) is 23.3 Å². The highest BCUT2D eigenvalue weighted by atomic mass is 32.2. The molecule has 3 aliphatic heterocycles. The topological polar surface area (TPSA) is 92.5 Å². The molecule has 0 bridgehead atoms. The summed E-state index contributed by atoms with van der Waals surface area (Å²) in [4.78, 5) is 4.56. The minimum atomic E-state index is -4.51. The lowest BCUT2D eigenvalue weighted by Gasteiger charge is -2.23. The fourth-order valence-electron chi connectivity index (χ4n) is 5.04. The molecular formula is C17H21F3N6O2S.